The minimum absolute atomic E-state index is 0.0207. The number of carbonyl (C=O) groups is 2. The number of aromatic hydroxyl groups is 1. The molecule has 1 N–H and O–H groups in total. The zero-order valence-corrected chi connectivity index (χ0v) is 19.5. The Morgan fingerprint density at radius 3 is 2.52 bits per heavy atom. The first-order chi connectivity index (χ1) is 15.8. The molecule has 0 radical (unpaired) electrons. The summed E-state index contributed by atoms with van der Waals surface area (Å²) in [5, 5.41) is 11.8. The Morgan fingerprint density at radius 2 is 1.85 bits per heavy atom. The van der Waals surface area contributed by atoms with Gasteiger partial charge in [0.15, 0.2) is 0 Å². The number of aryl methyl sites for hydroxylation is 2. The number of hydrogen-bond acceptors (Lipinski definition) is 8. The predicted octanol–water partition coefficient (Wildman–Crippen LogP) is 2.97. The molecule has 0 saturated carbocycles. The molecule has 3 rings (SSSR count). The molecule has 1 aromatic heterocycles. The minimum Gasteiger partial charge on any atom is -0.507 e. The van der Waals surface area contributed by atoms with Crippen molar-refractivity contribution in [2.75, 3.05) is 39.4 Å². The van der Waals surface area contributed by atoms with Gasteiger partial charge in [0.25, 0.3) is 0 Å². The highest BCUT2D eigenvalue weighted by molar-refractivity contribution is 5.86. The lowest BCUT2D eigenvalue weighted by Gasteiger charge is -2.34. The number of carbonyl (C=O) groups excluding carboxylic acids is 2. The summed E-state index contributed by atoms with van der Waals surface area (Å²) in [6.45, 7) is 8.74. The molecule has 1 fully saturated rings. The third kappa shape index (κ3) is 6.04. The highest BCUT2D eigenvalue weighted by atomic mass is 16.6. The fourth-order valence-electron chi connectivity index (χ4n) is 3.96. The standard InChI is InChI=1S/C24H32N2O7/c1-4-12-32-20(27)7-6-17-14-18-16(3)13-21(28)33-23(18)19(22(17)29)15-25-8-10-26(11-9-25)24(30)31-5-2/h13-14,29H,4-12,15H2,1-3H3. The number of fused-ring (bicyclic) bond motifs is 1. The Morgan fingerprint density at radius 1 is 1.12 bits per heavy atom. The van der Waals surface area contributed by atoms with Gasteiger partial charge in [-0.2, -0.15) is 0 Å². The number of nitrogens with zero attached hydrogens (tertiary/aromatic N) is 2. The van der Waals surface area contributed by atoms with E-state index in [1.165, 1.54) is 6.07 Å². The molecule has 2 heterocycles. The van der Waals surface area contributed by atoms with Crippen molar-refractivity contribution < 1.29 is 28.6 Å². The summed E-state index contributed by atoms with van der Waals surface area (Å²) in [5.74, 6) is -0.295. The molecule has 0 bridgehead atoms. The Hall–Kier alpha value is -3.07. The van der Waals surface area contributed by atoms with E-state index in [4.69, 9.17) is 13.9 Å². The van der Waals surface area contributed by atoms with E-state index in [9.17, 15) is 19.5 Å². The Bertz CT molecular complexity index is 1050. The average Bonchev–Trinajstić information content (AvgIpc) is 2.79. The molecule has 0 unspecified atom stereocenters. The van der Waals surface area contributed by atoms with Crippen molar-refractivity contribution in [3.8, 4) is 5.75 Å². The SMILES string of the molecule is CCCOC(=O)CCc1cc2c(C)cc(=O)oc2c(CN2CCN(C(=O)OCC)CC2)c1O. The summed E-state index contributed by atoms with van der Waals surface area (Å²) in [4.78, 5) is 39.7. The van der Waals surface area contributed by atoms with Gasteiger partial charge in [0, 0.05) is 50.6 Å². The third-order valence-electron chi connectivity index (χ3n) is 5.73. The van der Waals surface area contributed by atoms with E-state index in [1.807, 2.05) is 13.8 Å². The number of piperazine rings is 1. The quantitative estimate of drug-likeness (QED) is 0.473. The van der Waals surface area contributed by atoms with Crippen molar-refractivity contribution in [2.45, 2.75) is 46.6 Å². The van der Waals surface area contributed by atoms with Gasteiger partial charge in [0.05, 0.1) is 18.8 Å². The lowest BCUT2D eigenvalue weighted by Crippen LogP contribution is -2.48. The molecule has 9 nitrogen and oxygen atoms in total. The van der Waals surface area contributed by atoms with Gasteiger partial charge in [-0.25, -0.2) is 9.59 Å². The second-order valence-electron chi connectivity index (χ2n) is 8.17. The van der Waals surface area contributed by atoms with E-state index in [0.717, 1.165) is 17.4 Å². The van der Waals surface area contributed by atoms with Crippen LogP contribution in [0, 0.1) is 6.92 Å². The van der Waals surface area contributed by atoms with Crippen LogP contribution in [0.4, 0.5) is 4.79 Å². The molecule has 0 spiro atoms. The Kier molecular flexibility index (Phi) is 8.32. The van der Waals surface area contributed by atoms with E-state index < -0.39 is 5.63 Å². The van der Waals surface area contributed by atoms with Crippen molar-refractivity contribution in [1.82, 2.24) is 9.80 Å². The lowest BCUT2D eigenvalue weighted by atomic mass is 9.98. The topological polar surface area (TPSA) is 110 Å². The maximum Gasteiger partial charge on any atom is 0.409 e. The number of amides is 1. The van der Waals surface area contributed by atoms with Gasteiger partial charge in [0.2, 0.25) is 0 Å². The van der Waals surface area contributed by atoms with E-state index in [2.05, 4.69) is 4.90 Å². The van der Waals surface area contributed by atoms with Crippen molar-refractivity contribution in [3.05, 3.63) is 39.2 Å². The number of rotatable bonds is 8. The zero-order chi connectivity index (χ0) is 24.0. The molecule has 9 heteroatoms. The molecule has 1 aliphatic rings. The van der Waals surface area contributed by atoms with Gasteiger partial charge in [-0.3, -0.25) is 9.69 Å². The molecule has 1 aliphatic heterocycles. The van der Waals surface area contributed by atoms with Crippen LogP contribution in [-0.2, 0) is 27.2 Å². The van der Waals surface area contributed by atoms with E-state index in [1.54, 1.807) is 17.9 Å². The number of ether oxygens (including phenoxy) is 2. The molecule has 2 aromatic rings. The smallest absolute Gasteiger partial charge is 0.409 e. The minimum atomic E-state index is -0.483. The average molecular weight is 461 g/mol. The first-order valence-corrected chi connectivity index (χ1v) is 11.4. The summed E-state index contributed by atoms with van der Waals surface area (Å²) in [7, 11) is 0. The van der Waals surface area contributed by atoms with E-state index >= 15 is 0 Å². The predicted molar refractivity (Wildman–Crippen MR) is 122 cm³/mol. The van der Waals surface area contributed by atoms with Crippen molar-refractivity contribution in [2.24, 2.45) is 0 Å². The van der Waals surface area contributed by atoms with Gasteiger partial charge >= 0.3 is 17.7 Å². The molecule has 33 heavy (non-hydrogen) atoms. The number of phenolic OH excluding ortho intramolecular Hbond substituents is 1. The lowest BCUT2D eigenvalue weighted by molar-refractivity contribution is -0.143. The van der Waals surface area contributed by atoms with Crippen LogP contribution in [0.3, 0.4) is 0 Å². The number of benzene rings is 1. The molecule has 180 valence electrons. The van der Waals surface area contributed by atoms with E-state index in [-0.39, 0.29) is 24.2 Å². The van der Waals surface area contributed by atoms with Crippen LogP contribution in [0.2, 0.25) is 0 Å². The van der Waals surface area contributed by atoms with Crippen LogP contribution >= 0.6 is 0 Å². The molecular weight excluding hydrogens is 428 g/mol. The highest BCUT2D eigenvalue weighted by Crippen LogP contribution is 2.34. The molecule has 0 aliphatic carbocycles. The molecule has 0 atom stereocenters. The van der Waals surface area contributed by atoms with Crippen LogP contribution in [0.15, 0.2) is 21.3 Å². The van der Waals surface area contributed by atoms with Gasteiger partial charge in [-0.15, -0.1) is 0 Å². The van der Waals surface area contributed by atoms with Gasteiger partial charge < -0.3 is 23.9 Å². The third-order valence-corrected chi connectivity index (χ3v) is 5.73. The first kappa shape index (κ1) is 24.6. The summed E-state index contributed by atoms with van der Waals surface area (Å²) >= 11 is 0. The van der Waals surface area contributed by atoms with Crippen LogP contribution < -0.4 is 5.63 Å². The van der Waals surface area contributed by atoms with Gasteiger partial charge in [0.1, 0.15) is 11.3 Å². The highest BCUT2D eigenvalue weighted by Gasteiger charge is 2.25. The number of hydrogen-bond donors (Lipinski definition) is 1. The maximum absolute atomic E-state index is 12.1. The summed E-state index contributed by atoms with van der Waals surface area (Å²) in [6, 6.07) is 3.19. The molecular formula is C24H32N2O7. The zero-order valence-electron chi connectivity index (χ0n) is 19.5. The van der Waals surface area contributed by atoms with Crippen LogP contribution in [0.5, 0.6) is 5.75 Å². The largest absolute Gasteiger partial charge is 0.507 e. The summed E-state index contributed by atoms with van der Waals surface area (Å²) < 4.78 is 15.7. The van der Waals surface area contributed by atoms with Crippen molar-refractivity contribution in [3.63, 3.8) is 0 Å². The van der Waals surface area contributed by atoms with E-state index in [0.29, 0.717) is 69.1 Å². The van der Waals surface area contributed by atoms with Crippen LogP contribution in [0.25, 0.3) is 11.0 Å². The second-order valence-corrected chi connectivity index (χ2v) is 8.17. The second kappa shape index (κ2) is 11.2. The fourth-order valence-corrected chi connectivity index (χ4v) is 3.96. The summed E-state index contributed by atoms with van der Waals surface area (Å²) in [6.07, 6.45) is 0.877. The molecule has 1 amide bonds. The fraction of sp³-hybridized carbons (Fsp3) is 0.542. The number of phenols is 1. The first-order valence-electron chi connectivity index (χ1n) is 11.4. The Balaban J connectivity index is 1.85. The van der Waals surface area contributed by atoms with Gasteiger partial charge in [-0.1, -0.05) is 6.92 Å². The normalized spacial score (nSPS) is 14.5. The van der Waals surface area contributed by atoms with Crippen molar-refractivity contribution in [1.29, 1.82) is 0 Å². The number of esters is 1. The summed E-state index contributed by atoms with van der Waals surface area (Å²) in [5.41, 5.74) is 1.72. The molecule has 1 aromatic carbocycles. The van der Waals surface area contributed by atoms with Crippen LogP contribution in [-0.4, -0.2) is 66.4 Å². The molecule has 1 saturated heterocycles. The van der Waals surface area contributed by atoms with Crippen LogP contribution in [0.1, 0.15) is 43.4 Å². The Labute approximate surface area is 192 Å². The van der Waals surface area contributed by atoms with Crippen molar-refractivity contribution >= 4 is 23.0 Å². The monoisotopic (exact) mass is 460 g/mol. The van der Waals surface area contributed by atoms with Gasteiger partial charge in [-0.05, 0) is 43.9 Å². The maximum atomic E-state index is 12.1.